The second-order valence-corrected chi connectivity index (χ2v) is 7.06. The number of nitrogens with one attached hydrogen (secondary N) is 1. The lowest BCUT2D eigenvalue weighted by Crippen LogP contribution is -2.43. The molecule has 2 aliphatic rings. The Bertz CT molecular complexity index is 235. The summed E-state index contributed by atoms with van der Waals surface area (Å²) in [4.78, 5) is 2.29. The monoisotopic (exact) mass is 224 g/mol. The highest BCUT2D eigenvalue weighted by atomic mass is 15.1. The summed E-state index contributed by atoms with van der Waals surface area (Å²) in [5.74, 6) is 2.06. The summed E-state index contributed by atoms with van der Waals surface area (Å²) >= 11 is 0. The first-order valence-corrected chi connectivity index (χ1v) is 6.84. The fourth-order valence-corrected chi connectivity index (χ4v) is 3.81. The minimum Gasteiger partial charge on any atom is -0.313 e. The van der Waals surface area contributed by atoms with Gasteiger partial charge in [-0.3, -0.25) is 0 Å². The third-order valence-electron chi connectivity index (χ3n) is 4.33. The number of hydrogen-bond acceptors (Lipinski definition) is 2. The van der Waals surface area contributed by atoms with Gasteiger partial charge in [0.2, 0.25) is 0 Å². The minimum atomic E-state index is 0.394. The fraction of sp³-hybridized carbons (Fsp3) is 1.00. The molecule has 0 radical (unpaired) electrons. The van der Waals surface area contributed by atoms with E-state index >= 15 is 0 Å². The van der Waals surface area contributed by atoms with Crippen molar-refractivity contribution in [2.24, 2.45) is 17.3 Å². The van der Waals surface area contributed by atoms with Crippen LogP contribution in [0.4, 0.5) is 0 Å². The molecule has 0 heterocycles. The molecule has 16 heavy (non-hydrogen) atoms. The first-order valence-electron chi connectivity index (χ1n) is 6.84. The molecule has 0 aromatic rings. The summed E-state index contributed by atoms with van der Waals surface area (Å²) in [5, 5.41) is 3.83. The molecule has 0 aromatic heterocycles. The molecule has 94 valence electrons. The van der Waals surface area contributed by atoms with Gasteiger partial charge in [0, 0.05) is 19.1 Å². The van der Waals surface area contributed by atoms with E-state index in [1.807, 2.05) is 0 Å². The fourth-order valence-electron chi connectivity index (χ4n) is 3.81. The molecular weight excluding hydrogens is 196 g/mol. The van der Waals surface area contributed by atoms with Gasteiger partial charge in [-0.1, -0.05) is 20.3 Å². The molecule has 0 amide bonds. The van der Waals surface area contributed by atoms with Gasteiger partial charge in [0.25, 0.3) is 0 Å². The van der Waals surface area contributed by atoms with Gasteiger partial charge >= 0.3 is 0 Å². The van der Waals surface area contributed by atoms with Crippen molar-refractivity contribution in [1.29, 1.82) is 0 Å². The van der Waals surface area contributed by atoms with Crippen LogP contribution in [0.5, 0.6) is 0 Å². The van der Waals surface area contributed by atoms with Crippen LogP contribution in [0, 0.1) is 17.3 Å². The van der Waals surface area contributed by atoms with Crippen molar-refractivity contribution in [3.8, 4) is 0 Å². The maximum atomic E-state index is 3.83. The van der Waals surface area contributed by atoms with E-state index in [-0.39, 0.29) is 0 Å². The summed E-state index contributed by atoms with van der Waals surface area (Å²) in [6.45, 7) is 7.07. The first-order chi connectivity index (χ1) is 7.46. The van der Waals surface area contributed by atoms with Gasteiger partial charge in [-0.15, -0.1) is 0 Å². The van der Waals surface area contributed by atoms with Crippen LogP contribution in [0.25, 0.3) is 0 Å². The van der Waals surface area contributed by atoms with E-state index in [1.165, 1.54) is 38.8 Å². The molecule has 2 saturated carbocycles. The van der Waals surface area contributed by atoms with Crippen LogP contribution >= 0.6 is 0 Å². The van der Waals surface area contributed by atoms with Crippen LogP contribution in [0.1, 0.15) is 39.5 Å². The number of hydrogen-bond donors (Lipinski definition) is 1. The molecule has 0 aliphatic heterocycles. The smallest absolute Gasteiger partial charge is 0.00983 e. The molecule has 2 nitrogen and oxygen atoms in total. The highest BCUT2D eigenvalue weighted by Crippen LogP contribution is 2.44. The van der Waals surface area contributed by atoms with Gasteiger partial charge < -0.3 is 10.2 Å². The van der Waals surface area contributed by atoms with E-state index in [1.54, 1.807) is 0 Å². The molecule has 0 saturated heterocycles. The quantitative estimate of drug-likeness (QED) is 0.771. The van der Waals surface area contributed by atoms with Gasteiger partial charge in [0.05, 0.1) is 0 Å². The van der Waals surface area contributed by atoms with E-state index in [0.717, 1.165) is 17.9 Å². The van der Waals surface area contributed by atoms with Crippen LogP contribution in [0.3, 0.4) is 0 Å². The Balaban J connectivity index is 1.74. The van der Waals surface area contributed by atoms with Gasteiger partial charge in [-0.25, -0.2) is 0 Å². The Kier molecular flexibility index (Phi) is 3.60. The van der Waals surface area contributed by atoms with Crippen molar-refractivity contribution in [3.05, 3.63) is 0 Å². The third-order valence-corrected chi connectivity index (χ3v) is 4.33. The molecule has 2 heteroatoms. The Morgan fingerprint density at radius 2 is 1.94 bits per heavy atom. The lowest BCUT2D eigenvalue weighted by Gasteiger charge is -2.32. The standard InChI is InChI=1S/C14H28N2/c1-14(2,10-16(3)4)9-15-13-8-11-5-6-12(13)7-11/h11-13,15H,5-10H2,1-4H3/t11-,12-,13+/m1/s1. The SMILES string of the molecule is CN(C)CC(C)(C)CN[C@H]1C[C@@H]2CC[C@@H]1C2. The van der Waals surface area contributed by atoms with Gasteiger partial charge in [-0.2, -0.15) is 0 Å². The van der Waals surface area contributed by atoms with Crippen LogP contribution in [-0.2, 0) is 0 Å². The van der Waals surface area contributed by atoms with Crippen LogP contribution in [-0.4, -0.2) is 38.1 Å². The summed E-state index contributed by atoms with van der Waals surface area (Å²) < 4.78 is 0. The molecule has 0 unspecified atom stereocenters. The average molecular weight is 224 g/mol. The predicted octanol–water partition coefficient (Wildman–Crippen LogP) is 2.35. The molecule has 3 atom stereocenters. The summed E-state index contributed by atoms with van der Waals surface area (Å²) in [5.41, 5.74) is 0.394. The van der Waals surface area contributed by atoms with E-state index < -0.39 is 0 Å². The van der Waals surface area contributed by atoms with Crippen molar-refractivity contribution in [2.45, 2.75) is 45.6 Å². The van der Waals surface area contributed by atoms with Crippen molar-refractivity contribution >= 4 is 0 Å². The lowest BCUT2D eigenvalue weighted by molar-refractivity contribution is 0.213. The topological polar surface area (TPSA) is 15.3 Å². The molecular formula is C14H28N2. The average Bonchev–Trinajstić information content (AvgIpc) is 2.73. The Morgan fingerprint density at radius 1 is 1.19 bits per heavy atom. The van der Waals surface area contributed by atoms with E-state index in [9.17, 15) is 0 Å². The molecule has 1 N–H and O–H groups in total. The third kappa shape index (κ3) is 2.98. The number of nitrogens with zero attached hydrogens (tertiary/aromatic N) is 1. The zero-order chi connectivity index (χ0) is 11.8. The summed E-state index contributed by atoms with van der Waals surface area (Å²) in [6, 6.07) is 0.834. The Labute approximate surface area is 101 Å². The highest BCUT2D eigenvalue weighted by Gasteiger charge is 2.39. The van der Waals surface area contributed by atoms with E-state index in [4.69, 9.17) is 0 Å². The van der Waals surface area contributed by atoms with Gasteiger partial charge in [0.1, 0.15) is 0 Å². The van der Waals surface area contributed by atoms with Gasteiger partial charge in [0.15, 0.2) is 0 Å². The van der Waals surface area contributed by atoms with Crippen molar-refractivity contribution in [2.75, 3.05) is 27.2 Å². The second kappa shape index (κ2) is 4.66. The zero-order valence-corrected chi connectivity index (χ0v) is 11.4. The summed E-state index contributed by atoms with van der Waals surface area (Å²) in [7, 11) is 4.33. The van der Waals surface area contributed by atoms with Crippen molar-refractivity contribution in [1.82, 2.24) is 10.2 Å². The highest BCUT2D eigenvalue weighted by molar-refractivity contribution is 4.94. The predicted molar refractivity (Wildman–Crippen MR) is 69.6 cm³/mol. The normalized spacial score (nSPS) is 33.9. The largest absolute Gasteiger partial charge is 0.313 e. The maximum absolute atomic E-state index is 3.83. The van der Waals surface area contributed by atoms with Crippen LogP contribution < -0.4 is 5.32 Å². The number of rotatable bonds is 5. The first kappa shape index (κ1) is 12.4. The summed E-state index contributed by atoms with van der Waals surface area (Å²) in [6.07, 6.45) is 5.94. The maximum Gasteiger partial charge on any atom is 0.00983 e. The number of fused-ring (bicyclic) bond motifs is 2. The second-order valence-electron chi connectivity index (χ2n) is 7.06. The lowest BCUT2D eigenvalue weighted by atomic mass is 9.90. The molecule has 0 spiro atoms. The molecule has 0 aromatic carbocycles. The van der Waals surface area contributed by atoms with E-state index in [2.05, 4.69) is 38.2 Å². The molecule has 2 aliphatic carbocycles. The Morgan fingerprint density at radius 3 is 2.44 bits per heavy atom. The minimum absolute atomic E-state index is 0.394. The van der Waals surface area contributed by atoms with Crippen LogP contribution in [0.15, 0.2) is 0 Å². The van der Waals surface area contributed by atoms with Crippen molar-refractivity contribution in [3.63, 3.8) is 0 Å². The molecule has 2 rings (SSSR count). The van der Waals surface area contributed by atoms with Gasteiger partial charge in [-0.05, 0) is 50.6 Å². The molecule has 2 fully saturated rings. The van der Waals surface area contributed by atoms with E-state index in [0.29, 0.717) is 5.41 Å². The Hall–Kier alpha value is -0.0800. The molecule has 2 bridgehead atoms. The van der Waals surface area contributed by atoms with Crippen molar-refractivity contribution < 1.29 is 0 Å². The zero-order valence-electron chi connectivity index (χ0n) is 11.4. The van der Waals surface area contributed by atoms with Crippen LogP contribution in [0.2, 0.25) is 0 Å².